The Morgan fingerprint density at radius 3 is 1.11 bits per heavy atom. The molecule has 0 aromatic heterocycles. The maximum Gasteiger partial charge on any atom is -0.00201 e. The summed E-state index contributed by atoms with van der Waals surface area (Å²) >= 11 is 0. The van der Waals surface area contributed by atoms with E-state index >= 15 is 0 Å². The largest absolute Gasteiger partial charge is 0.0622 e. The summed E-state index contributed by atoms with van der Waals surface area (Å²) in [7, 11) is 0. The quantitative estimate of drug-likeness (QED) is 0.181. The zero-order chi connectivity index (χ0) is 30.5. The molecule has 0 bridgehead atoms. The molecular weight excluding hydrogens is 553 g/mol. The summed E-state index contributed by atoms with van der Waals surface area (Å²) in [6.45, 7) is 0. The summed E-state index contributed by atoms with van der Waals surface area (Å²) in [5.74, 6) is 0. The van der Waals surface area contributed by atoms with E-state index in [-0.39, 0.29) is 0 Å². The minimum atomic E-state index is 1.23. The Kier molecular flexibility index (Phi) is 6.25. The third kappa shape index (κ3) is 4.23. The number of hydrogen-bond acceptors (Lipinski definition) is 0. The van der Waals surface area contributed by atoms with Gasteiger partial charge in [0, 0.05) is 0 Å². The summed E-state index contributed by atoms with van der Waals surface area (Å²) in [6, 6.07) is 66.4. The van der Waals surface area contributed by atoms with Gasteiger partial charge in [-0.2, -0.15) is 0 Å². The molecule has 0 spiro atoms. The van der Waals surface area contributed by atoms with Gasteiger partial charge in [0.2, 0.25) is 0 Å². The van der Waals surface area contributed by atoms with Gasteiger partial charge in [0.15, 0.2) is 0 Å². The molecule has 0 aliphatic rings. The first-order valence-electron chi connectivity index (χ1n) is 15.9. The predicted molar refractivity (Wildman–Crippen MR) is 198 cm³/mol. The van der Waals surface area contributed by atoms with Gasteiger partial charge in [-0.3, -0.25) is 0 Å². The van der Waals surface area contributed by atoms with Crippen molar-refractivity contribution in [2.24, 2.45) is 0 Å². The maximum absolute atomic E-state index is 2.32. The van der Waals surface area contributed by atoms with Crippen molar-refractivity contribution in [2.45, 2.75) is 0 Å². The van der Waals surface area contributed by atoms with Crippen LogP contribution in [0, 0.1) is 0 Å². The zero-order valence-electron chi connectivity index (χ0n) is 25.3. The Hall–Kier alpha value is -5.98. The van der Waals surface area contributed by atoms with E-state index in [1.54, 1.807) is 0 Å². The molecule has 0 saturated heterocycles. The zero-order valence-corrected chi connectivity index (χ0v) is 25.3. The molecule has 9 aromatic rings. The Balaban J connectivity index is 1.29. The molecule has 9 aromatic carbocycles. The highest BCUT2D eigenvalue weighted by atomic mass is 14.2. The monoisotopic (exact) mass is 582 g/mol. The molecule has 0 saturated carbocycles. The van der Waals surface area contributed by atoms with Crippen molar-refractivity contribution in [3.05, 3.63) is 182 Å². The first kappa shape index (κ1) is 26.4. The molecule has 9 rings (SSSR count). The summed E-state index contributed by atoms with van der Waals surface area (Å²) in [5.41, 5.74) is 10.1. The molecule has 46 heavy (non-hydrogen) atoms. The second-order valence-electron chi connectivity index (χ2n) is 12.0. The third-order valence-electron chi connectivity index (χ3n) is 9.45. The number of benzene rings is 9. The average molecular weight is 583 g/mol. The molecule has 0 atom stereocenters. The van der Waals surface area contributed by atoms with Crippen molar-refractivity contribution in [1.29, 1.82) is 0 Å². The summed E-state index contributed by atoms with van der Waals surface area (Å²) in [6.07, 6.45) is 0. The van der Waals surface area contributed by atoms with Crippen LogP contribution in [0.4, 0.5) is 0 Å². The molecule has 0 amide bonds. The van der Waals surface area contributed by atoms with E-state index in [9.17, 15) is 0 Å². The molecule has 0 nitrogen and oxygen atoms in total. The molecule has 0 heterocycles. The second kappa shape index (κ2) is 10.9. The van der Waals surface area contributed by atoms with Gasteiger partial charge < -0.3 is 0 Å². The van der Waals surface area contributed by atoms with Gasteiger partial charge in [-0.25, -0.2) is 0 Å². The van der Waals surface area contributed by atoms with Crippen LogP contribution in [0.2, 0.25) is 0 Å². The van der Waals surface area contributed by atoms with Gasteiger partial charge in [-0.05, 0) is 93.7 Å². The van der Waals surface area contributed by atoms with Gasteiger partial charge in [-0.1, -0.05) is 176 Å². The van der Waals surface area contributed by atoms with Crippen molar-refractivity contribution >= 4 is 43.1 Å². The summed E-state index contributed by atoms with van der Waals surface area (Å²) in [4.78, 5) is 0. The Morgan fingerprint density at radius 2 is 0.587 bits per heavy atom. The van der Waals surface area contributed by atoms with Crippen molar-refractivity contribution in [1.82, 2.24) is 0 Å². The average Bonchev–Trinajstić information content (AvgIpc) is 3.13. The van der Waals surface area contributed by atoms with Crippen LogP contribution in [0.25, 0.3) is 87.6 Å². The topological polar surface area (TPSA) is 0 Å². The maximum atomic E-state index is 2.32. The van der Waals surface area contributed by atoms with Crippen LogP contribution in [0.5, 0.6) is 0 Å². The van der Waals surface area contributed by atoms with Crippen LogP contribution >= 0.6 is 0 Å². The van der Waals surface area contributed by atoms with Crippen LogP contribution in [-0.4, -0.2) is 0 Å². The van der Waals surface area contributed by atoms with Crippen molar-refractivity contribution in [2.75, 3.05) is 0 Å². The molecule has 0 aliphatic heterocycles. The highest BCUT2D eigenvalue weighted by Gasteiger charge is 2.19. The SMILES string of the molecule is c1ccc(-c2ccccc2-c2c3ccccc3c(-c3ccc(-c4c5ccccc5cc5ccccc45)cc3)c3ccccc23)cc1. The van der Waals surface area contributed by atoms with Crippen LogP contribution in [0.1, 0.15) is 0 Å². The molecule has 0 aliphatic carbocycles. The molecule has 214 valence electrons. The standard InChI is InChI=1S/C46H30/c1-2-14-31(15-3-1)36-18-8-9-21-39(36)46-42-24-12-10-22-40(42)45(41-23-11-13-25-43(41)46)33-28-26-32(27-29-33)44-37-19-6-4-16-34(37)30-35-17-5-7-20-38(35)44/h1-30H. The predicted octanol–water partition coefficient (Wildman–Crippen LogP) is 13.0. The van der Waals surface area contributed by atoms with Crippen LogP contribution < -0.4 is 0 Å². The van der Waals surface area contributed by atoms with E-state index in [2.05, 4.69) is 182 Å². The number of fused-ring (bicyclic) bond motifs is 4. The van der Waals surface area contributed by atoms with Crippen LogP contribution in [0.15, 0.2) is 182 Å². The van der Waals surface area contributed by atoms with Crippen LogP contribution in [0.3, 0.4) is 0 Å². The first-order valence-corrected chi connectivity index (χ1v) is 15.9. The van der Waals surface area contributed by atoms with Gasteiger partial charge in [0.1, 0.15) is 0 Å². The van der Waals surface area contributed by atoms with E-state index in [1.807, 2.05) is 0 Å². The van der Waals surface area contributed by atoms with Crippen molar-refractivity contribution < 1.29 is 0 Å². The van der Waals surface area contributed by atoms with Gasteiger partial charge in [-0.15, -0.1) is 0 Å². The van der Waals surface area contributed by atoms with Crippen LogP contribution in [-0.2, 0) is 0 Å². The summed E-state index contributed by atoms with van der Waals surface area (Å²) < 4.78 is 0. The molecule has 0 N–H and O–H groups in total. The van der Waals surface area contributed by atoms with Gasteiger partial charge >= 0.3 is 0 Å². The Morgan fingerprint density at radius 1 is 0.217 bits per heavy atom. The lowest BCUT2D eigenvalue weighted by Gasteiger charge is -2.20. The lowest BCUT2D eigenvalue weighted by atomic mass is 9.83. The van der Waals surface area contributed by atoms with E-state index in [0.29, 0.717) is 0 Å². The minimum absolute atomic E-state index is 1.23. The third-order valence-corrected chi connectivity index (χ3v) is 9.45. The lowest BCUT2D eigenvalue weighted by molar-refractivity contribution is 1.60. The van der Waals surface area contributed by atoms with E-state index in [0.717, 1.165) is 0 Å². The fourth-order valence-corrected chi connectivity index (χ4v) is 7.43. The minimum Gasteiger partial charge on any atom is -0.0622 e. The normalized spacial score (nSPS) is 11.5. The molecule has 0 heteroatoms. The lowest BCUT2D eigenvalue weighted by Crippen LogP contribution is -1.93. The second-order valence-corrected chi connectivity index (χ2v) is 12.0. The van der Waals surface area contributed by atoms with Crippen molar-refractivity contribution in [3.8, 4) is 44.5 Å². The molecular formula is C46H30. The number of hydrogen-bond donors (Lipinski definition) is 0. The van der Waals surface area contributed by atoms with E-state index in [4.69, 9.17) is 0 Å². The Bertz CT molecular complexity index is 2440. The van der Waals surface area contributed by atoms with E-state index < -0.39 is 0 Å². The molecule has 0 radical (unpaired) electrons. The summed E-state index contributed by atoms with van der Waals surface area (Å²) in [5, 5.41) is 10.2. The first-order chi connectivity index (χ1) is 22.8. The Labute approximate surface area is 268 Å². The van der Waals surface area contributed by atoms with E-state index in [1.165, 1.54) is 87.6 Å². The van der Waals surface area contributed by atoms with Crippen molar-refractivity contribution in [3.63, 3.8) is 0 Å². The van der Waals surface area contributed by atoms with Gasteiger partial charge in [0.05, 0.1) is 0 Å². The fraction of sp³-hybridized carbons (Fsp3) is 0. The highest BCUT2D eigenvalue weighted by molar-refractivity contribution is 6.22. The smallest absolute Gasteiger partial charge is 0.00201 e. The fourth-order valence-electron chi connectivity index (χ4n) is 7.43. The molecule has 0 unspecified atom stereocenters. The molecule has 0 fully saturated rings. The highest BCUT2D eigenvalue weighted by Crippen LogP contribution is 2.46. The number of rotatable bonds is 4. The van der Waals surface area contributed by atoms with Gasteiger partial charge in [0.25, 0.3) is 0 Å².